The van der Waals surface area contributed by atoms with Crippen molar-refractivity contribution in [2.24, 2.45) is 0 Å². The Kier molecular flexibility index (Phi) is 4.97. The first-order valence-electron chi connectivity index (χ1n) is 6.59. The van der Waals surface area contributed by atoms with Gasteiger partial charge in [-0.15, -0.1) is 0 Å². The molecule has 1 heterocycles. The zero-order chi connectivity index (χ0) is 14.4. The highest BCUT2D eigenvalue weighted by atomic mass is 32.2. The van der Waals surface area contributed by atoms with Crippen LogP contribution in [0, 0.1) is 0 Å². The Morgan fingerprint density at radius 2 is 1.80 bits per heavy atom. The molecule has 1 aromatic carbocycles. The average Bonchev–Trinajstić information content (AvgIpc) is 2.47. The summed E-state index contributed by atoms with van der Waals surface area (Å²) >= 11 is 0. The first-order valence-corrected chi connectivity index (χ1v) is 7.96. The number of carbonyl (C=O) groups is 1. The fourth-order valence-electron chi connectivity index (χ4n) is 2.04. The van der Waals surface area contributed by atoms with E-state index in [-0.39, 0.29) is 6.54 Å². The molecule has 0 unspecified atom stereocenters. The summed E-state index contributed by atoms with van der Waals surface area (Å²) in [5, 5.41) is 2.43. The molecule has 0 aliphatic carbocycles. The molecular formula is C13H18N2O4S. The first-order chi connectivity index (χ1) is 9.58. The molecule has 0 spiro atoms. The van der Waals surface area contributed by atoms with Crippen molar-refractivity contribution < 1.29 is 17.4 Å². The van der Waals surface area contributed by atoms with Crippen molar-refractivity contribution in [3.05, 3.63) is 35.9 Å². The van der Waals surface area contributed by atoms with Crippen molar-refractivity contribution in [1.29, 1.82) is 0 Å². The summed E-state index contributed by atoms with van der Waals surface area (Å²) in [4.78, 5) is 11.5. The van der Waals surface area contributed by atoms with E-state index in [0.29, 0.717) is 13.1 Å². The fourth-order valence-corrected chi connectivity index (χ4v) is 3.10. The predicted octanol–water partition coefficient (Wildman–Crippen LogP) is 1.64. The number of amides is 1. The lowest BCUT2D eigenvalue weighted by Gasteiger charge is -2.24. The maximum atomic E-state index is 11.9. The second kappa shape index (κ2) is 6.71. The highest BCUT2D eigenvalue weighted by Gasteiger charge is 2.27. The molecule has 20 heavy (non-hydrogen) atoms. The second-order valence-electron chi connectivity index (χ2n) is 4.63. The van der Waals surface area contributed by atoms with E-state index in [1.165, 1.54) is 4.31 Å². The van der Waals surface area contributed by atoms with E-state index in [9.17, 15) is 13.2 Å². The second-order valence-corrected chi connectivity index (χ2v) is 6.17. The van der Waals surface area contributed by atoms with Crippen LogP contribution < -0.4 is 5.32 Å². The summed E-state index contributed by atoms with van der Waals surface area (Å²) < 4.78 is 29.5. The normalized spacial score (nSPS) is 16.6. The lowest BCUT2D eigenvalue weighted by atomic mass is 10.2. The van der Waals surface area contributed by atoms with Crippen molar-refractivity contribution in [2.45, 2.75) is 25.8 Å². The average molecular weight is 298 g/mol. The number of rotatable bonds is 4. The van der Waals surface area contributed by atoms with Gasteiger partial charge in [-0.3, -0.25) is 0 Å². The smallest absolute Gasteiger partial charge is 0.316 e. The number of benzene rings is 1. The van der Waals surface area contributed by atoms with Crippen LogP contribution in [-0.4, -0.2) is 31.9 Å². The van der Waals surface area contributed by atoms with Gasteiger partial charge >= 0.3 is 16.4 Å². The molecule has 1 amide bonds. The van der Waals surface area contributed by atoms with Gasteiger partial charge in [-0.2, -0.15) is 12.7 Å². The highest BCUT2D eigenvalue weighted by Crippen LogP contribution is 2.14. The van der Waals surface area contributed by atoms with Crippen molar-refractivity contribution in [1.82, 2.24) is 9.62 Å². The van der Waals surface area contributed by atoms with Gasteiger partial charge in [-0.1, -0.05) is 36.8 Å². The zero-order valence-electron chi connectivity index (χ0n) is 11.1. The van der Waals surface area contributed by atoms with Gasteiger partial charge in [-0.25, -0.2) is 4.79 Å². The Balaban J connectivity index is 1.84. The van der Waals surface area contributed by atoms with Gasteiger partial charge < -0.3 is 9.50 Å². The van der Waals surface area contributed by atoms with Gasteiger partial charge in [0, 0.05) is 19.6 Å². The van der Waals surface area contributed by atoms with Gasteiger partial charge in [0.05, 0.1) is 0 Å². The lowest BCUT2D eigenvalue weighted by molar-refractivity contribution is 0.193. The third kappa shape index (κ3) is 4.21. The Hall–Kier alpha value is -1.60. The van der Waals surface area contributed by atoms with Crippen LogP contribution in [0.25, 0.3) is 0 Å². The monoisotopic (exact) mass is 298 g/mol. The molecule has 1 aromatic rings. The summed E-state index contributed by atoms with van der Waals surface area (Å²) in [7, 11) is -3.97. The van der Waals surface area contributed by atoms with E-state index in [1.807, 2.05) is 30.3 Å². The molecule has 1 fully saturated rings. The lowest BCUT2D eigenvalue weighted by Crippen LogP contribution is -2.39. The maximum absolute atomic E-state index is 11.9. The standard InChI is InChI=1S/C13H18N2O4S/c16-13(14-11-12-7-3-1-4-8-12)19-20(17,18)15-9-5-2-6-10-15/h1,3-4,7-8H,2,5-6,9-11H2,(H,14,16). The first kappa shape index (κ1) is 14.8. The molecule has 2 rings (SSSR count). The molecule has 1 aliphatic heterocycles. The van der Waals surface area contributed by atoms with Gasteiger partial charge in [0.2, 0.25) is 0 Å². The summed E-state index contributed by atoms with van der Waals surface area (Å²) in [6, 6.07) is 9.21. The number of piperidine rings is 1. The minimum Gasteiger partial charge on any atom is -0.316 e. The third-order valence-electron chi connectivity index (χ3n) is 3.09. The SMILES string of the molecule is O=C(NCc1ccccc1)OS(=O)(=O)N1CCCCC1. The van der Waals surface area contributed by atoms with Crippen LogP contribution in [0.2, 0.25) is 0 Å². The van der Waals surface area contributed by atoms with Gasteiger partial charge in [0.1, 0.15) is 0 Å². The highest BCUT2D eigenvalue weighted by molar-refractivity contribution is 7.84. The van der Waals surface area contributed by atoms with Crippen LogP contribution >= 0.6 is 0 Å². The minimum atomic E-state index is -3.97. The minimum absolute atomic E-state index is 0.231. The van der Waals surface area contributed by atoms with E-state index in [2.05, 4.69) is 9.50 Å². The molecule has 1 saturated heterocycles. The predicted molar refractivity (Wildman–Crippen MR) is 74.1 cm³/mol. The van der Waals surface area contributed by atoms with Crippen LogP contribution in [0.4, 0.5) is 4.79 Å². The quantitative estimate of drug-likeness (QED) is 0.917. The summed E-state index contributed by atoms with van der Waals surface area (Å²) in [5.74, 6) is 0. The number of nitrogens with zero attached hydrogens (tertiary/aromatic N) is 1. The van der Waals surface area contributed by atoms with Crippen molar-refractivity contribution in [3.63, 3.8) is 0 Å². The van der Waals surface area contributed by atoms with E-state index in [0.717, 1.165) is 24.8 Å². The Labute approximate surface area is 119 Å². The van der Waals surface area contributed by atoms with Gasteiger partial charge in [0.25, 0.3) is 0 Å². The van der Waals surface area contributed by atoms with Gasteiger partial charge in [-0.05, 0) is 18.4 Å². The molecule has 0 radical (unpaired) electrons. The molecular weight excluding hydrogens is 280 g/mol. The molecule has 0 aromatic heterocycles. The fraction of sp³-hybridized carbons (Fsp3) is 0.462. The number of carbonyl (C=O) groups excluding carboxylic acids is 1. The third-order valence-corrected chi connectivity index (χ3v) is 4.45. The van der Waals surface area contributed by atoms with Crippen molar-refractivity contribution >= 4 is 16.4 Å². The Bertz CT molecular complexity index is 539. The molecule has 0 atom stereocenters. The van der Waals surface area contributed by atoms with Crippen LogP contribution in [0.5, 0.6) is 0 Å². The van der Waals surface area contributed by atoms with E-state index in [1.54, 1.807) is 0 Å². The topological polar surface area (TPSA) is 75.7 Å². The van der Waals surface area contributed by atoms with E-state index < -0.39 is 16.4 Å². The summed E-state index contributed by atoms with van der Waals surface area (Å²) in [6.45, 7) is 1.05. The van der Waals surface area contributed by atoms with E-state index in [4.69, 9.17) is 0 Å². The molecule has 7 heteroatoms. The van der Waals surface area contributed by atoms with Crippen LogP contribution in [0.1, 0.15) is 24.8 Å². The van der Waals surface area contributed by atoms with Crippen molar-refractivity contribution in [2.75, 3.05) is 13.1 Å². The molecule has 110 valence electrons. The number of hydrogen-bond donors (Lipinski definition) is 1. The number of nitrogens with one attached hydrogen (secondary N) is 1. The van der Waals surface area contributed by atoms with Crippen LogP contribution in [-0.2, 0) is 21.0 Å². The Morgan fingerprint density at radius 1 is 1.15 bits per heavy atom. The number of hydrogen-bond acceptors (Lipinski definition) is 4. The van der Waals surface area contributed by atoms with Gasteiger partial charge in [0.15, 0.2) is 0 Å². The Morgan fingerprint density at radius 3 is 2.45 bits per heavy atom. The summed E-state index contributed by atoms with van der Waals surface area (Å²) in [5.41, 5.74) is 0.875. The van der Waals surface area contributed by atoms with Crippen LogP contribution in [0.3, 0.4) is 0 Å². The zero-order valence-corrected chi connectivity index (χ0v) is 11.9. The largest absolute Gasteiger partial charge is 0.423 e. The van der Waals surface area contributed by atoms with E-state index >= 15 is 0 Å². The molecule has 1 N–H and O–H groups in total. The summed E-state index contributed by atoms with van der Waals surface area (Å²) in [6.07, 6.45) is 1.66. The van der Waals surface area contributed by atoms with Crippen LogP contribution in [0.15, 0.2) is 30.3 Å². The molecule has 6 nitrogen and oxygen atoms in total. The molecule has 0 saturated carbocycles. The molecule has 0 bridgehead atoms. The molecule has 1 aliphatic rings. The van der Waals surface area contributed by atoms with Crippen molar-refractivity contribution in [3.8, 4) is 0 Å². The maximum Gasteiger partial charge on any atom is 0.423 e.